The van der Waals surface area contributed by atoms with Crippen LogP contribution in [0.1, 0.15) is 5.82 Å². The van der Waals surface area contributed by atoms with E-state index < -0.39 is 0 Å². The summed E-state index contributed by atoms with van der Waals surface area (Å²) >= 11 is 0. The highest BCUT2D eigenvalue weighted by Crippen LogP contribution is 2.33. The van der Waals surface area contributed by atoms with Crippen LogP contribution >= 0.6 is 0 Å². The van der Waals surface area contributed by atoms with Crippen LogP contribution in [-0.2, 0) is 0 Å². The summed E-state index contributed by atoms with van der Waals surface area (Å²) in [6, 6.07) is 46.7. The standard InChI is InChI=1S/C40H29N3/c1-3-13-28(4-2)40-41-36(30-14-6-5-7-15-30)27-37(42-40)32-17-12-16-31(26-32)29-22-24-33(25-23-29)43-38-20-10-8-18-34(38)35-19-9-11-21-39(35)43/h3-27H,1-2H2/b28-13+. The summed E-state index contributed by atoms with van der Waals surface area (Å²) in [5, 5.41) is 2.52. The van der Waals surface area contributed by atoms with E-state index in [-0.39, 0.29) is 0 Å². The molecule has 7 aromatic rings. The van der Waals surface area contributed by atoms with Crippen LogP contribution in [0.25, 0.3) is 66.7 Å². The fraction of sp³-hybridized carbons (Fsp3) is 0. The van der Waals surface area contributed by atoms with Crippen LogP contribution in [0.5, 0.6) is 0 Å². The molecule has 0 N–H and O–H groups in total. The van der Waals surface area contributed by atoms with Gasteiger partial charge in [0.05, 0.1) is 22.4 Å². The summed E-state index contributed by atoms with van der Waals surface area (Å²) in [7, 11) is 0. The lowest BCUT2D eigenvalue weighted by atomic mass is 10.00. The highest BCUT2D eigenvalue weighted by molar-refractivity contribution is 6.09. The summed E-state index contributed by atoms with van der Waals surface area (Å²) in [4.78, 5) is 9.83. The molecule has 5 aromatic carbocycles. The average molecular weight is 552 g/mol. The number of hydrogen-bond acceptors (Lipinski definition) is 2. The van der Waals surface area contributed by atoms with Gasteiger partial charge in [-0.05, 0) is 47.5 Å². The number of aromatic nitrogens is 3. The number of allylic oxidation sites excluding steroid dienone is 4. The molecule has 0 spiro atoms. The Hall–Kier alpha value is -5.80. The fourth-order valence-electron chi connectivity index (χ4n) is 5.70. The van der Waals surface area contributed by atoms with Gasteiger partial charge in [0.15, 0.2) is 5.82 Å². The first-order valence-corrected chi connectivity index (χ1v) is 14.3. The Labute approximate surface area is 251 Å². The molecule has 0 bridgehead atoms. The van der Waals surface area contributed by atoms with Crippen LogP contribution in [0, 0.1) is 0 Å². The Morgan fingerprint density at radius 2 is 1.12 bits per heavy atom. The topological polar surface area (TPSA) is 30.7 Å². The monoisotopic (exact) mass is 551 g/mol. The second-order valence-electron chi connectivity index (χ2n) is 10.4. The molecule has 2 aromatic heterocycles. The molecule has 0 aliphatic carbocycles. The molecule has 2 heterocycles. The van der Waals surface area contributed by atoms with Gasteiger partial charge >= 0.3 is 0 Å². The zero-order chi connectivity index (χ0) is 29.2. The molecule has 0 aliphatic rings. The second-order valence-corrected chi connectivity index (χ2v) is 10.4. The average Bonchev–Trinajstić information content (AvgIpc) is 3.42. The summed E-state index contributed by atoms with van der Waals surface area (Å²) in [6.45, 7) is 7.83. The van der Waals surface area contributed by atoms with Crippen molar-refractivity contribution in [1.82, 2.24) is 14.5 Å². The van der Waals surface area contributed by atoms with E-state index in [2.05, 4.69) is 133 Å². The molecule has 0 radical (unpaired) electrons. The van der Waals surface area contributed by atoms with Crippen molar-refractivity contribution in [2.75, 3.05) is 0 Å². The van der Waals surface area contributed by atoms with Crippen LogP contribution in [0.2, 0.25) is 0 Å². The summed E-state index contributed by atoms with van der Waals surface area (Å²) in [5.41, 5.74) is 10.4. The van der Waals surface area contributed by atoms with Gasteiger partial charge < -0.3 is 4.57 Å². The Kier molecular flexibility index (Phi) is 6.82. The molecule has 204 valence electrons. The number of rotatable bonds is 7. The molecule has 0 unspecified atom stereocenters. The Morgan fingerprint density at radius 1 is 0.535 bits per heavy atom. The van der Waals surface area contributed by atoms with Crippen molar-refractivity contribution in [3.05, 3.63) is 171 Å². The molecule has 0 amide bonds. The van der Waals surface area contributed by atoms with Crippen molar-refractivity contribution in [1.29, 1.82) is 0 Å². The van der Waals surface area contributed by atoms with Gasteiger partial charge in [-0.25, -0.2) is 9.97 Å². The van der Waals surface area contributed by atoms with E-state index in [1.807, 2.05) is 24.3 Å². The lowest BCUT2D eigenvalue weighted by Gasteiger charge is -2.12. The Morgan fingerprint density at radius 3 is 1.77 bits per heavy atom. The van der Waals surface area contributed by atoms with Crippen molar-refractivity contribution >= 4 is 27.4 Å². The zero-order valence-electron chi connectivity index (χ0n) is 23.7. The minimum Gasteiger partial charge on any atom is -0.309 e. The van der Waals surface area contributed by atoms with Gasteiger partial charge in [-0.2, -0.15) is 0 Å². The lowest BCUT2D eigenvalue weighted by molar-refractivity contribution is 1.13. The maximum absolute atomic E-state index is 4.96. The highest BCUT2D eigenvalue weighted by atomic mass is 15.0. The molecule has 3 nitrogen and oxygen atoms in total. The maximum atomic E-state index is 4.96. The predicted molar refractivity (Wildman–Crippen MR) is 181 cm³/mol. The lowest BCUT2D eigenvalue weighted by Crippen LogP contribution is -1.98. The normalized spacial score (nSPS) is 11.6. The van der Waals surface area contributed by atoms with Crippen molar-refractivity contribution in [3.63, 3.8) is 0 Å². The van der Waals surface area contributed by atoms with Crippen LogP contribution in [-0.4, -0.2) is 14.5 Å². The first-order chi connectivity index (χ1) is 21.2. The number of hydrogen-bond donors (Lipinski definition) is 0. The smallest absolute Gasteiger partial charge is 0.160 e. The molecule has 3 heteroatoms. The summed E-state index contributed by atoms with van der Waals surface area (Å²) < 4.78 is 2.34. The van der Waals surface area contributed by atoms with Crippen LogP contribution in [0.15, 0.2) is 165 Å². The molecule has 7 rings (SSSR count). The van der Waals surface area contributed by atoms with Crippen molar-refractivity contribution < 1.29 is 0 Å². The fourth-order valence-corrected chi connectivity index (χ4v) is 5.70. The molecular weight excluding hydrogens is 522 g/mol. The second kappa shape index (κ2) is 11.2. The predicted octanol–water partition coefficient (Wildman–Crippen LogP) is 10.3. The third kappa shape index (κ3) is 4.87. The van der Waals surface area contributed by atoms with Crippen molar-refractivity contribution in [3.8, 4) is 39.3 Å². The van der Waals surface area contributed by atoms with Gasteiger partial charge in [0.1, 0.15) is 0 Å². The van der Waals surface area contributed by atoms with Crippen LogP contribution in [0.4, 0.5) is 0 Å². The first-order valence-electron chi connectivity index (χ1n) is 14.3. The third-order valence-corrected chi connectivity index (χ3v) is 7.77. The molecule has 0 saturated heterocycles. The minimum atomic E-state index is 0.618. The van der Waals surface area contributed by atoms with Gasteiger partial charge in [-0.15, -0.1) is 0 Å². The number of benzene rings is 5. The van der Waals surface area contributed by atoms with Crippen LogP contribution < -0.4 is 0 Å². The van der Waals surface area contributed by atoms with E-state index in [4.69, 9.17) is 9.97 Å². The van der Waals surface area contributed by atoms with E-state index in [1.54, 1.807) is 12.2 Å². The van der Waals surface area contributed by atoms with E-state index >= 15 is 0 Å². The number of fused-ring (bicyclic) bond motifs is 3. The summed E-state index contributed by atoms with van der Waals surface area (Å²) in [6.07, 6.45) is 5.39. The van der Waals surface area contributed by atoms with Gasteiger partial charge in [-0.1, -0.05) is 128 Å². The molecule has 0 atom stereocenters. The van der Waals surface area contributed by atoms with Gasteiger partial charge in [0.2, 0.25) is 0 Å². The maximum Gasteiger partial charge on any atom is 0.160 e. The molecule has 43 heavy (non-hydrogen) atoms. The molecule has 0 saturated carbocycles. The van der Waals surface area contributed by atoms with E-state index in [9.17, 15) is 0 Å². The SMILES string of the molecule is C=C/C=C(\C=C)c1nc(-c2ccccc2)cc(-c2cccc(-c3ccc(-n4c5ccccc5c5ccccc54)cc3)c2)n1. The minimum absolute atomic E-state index is 0.618. The Bertz CT molecular complexity index is 2100. The molecular formula is C40H29N3. The molecule has 0 fully saturated rings. The summed E-state index contributed by atoms with van der Waals surface area (Å²) in [5.74, 6) is 0.618. The number of nitrogens with zero attached hydrogens (tertiary/aromatic N) is 3. The van der Waals surface area contributed by atoms with E-state index in [0.717, 1.165) is 44.9 Å². The first kappa shape index (κ1) is 26.1. The van der Waals surface area contributed by atoms with E-state index in [1.165, 1.54) is 21.8 Å². The van der Waals surface area contributed by atoms with Gasteiger partial charge in [-0.3, -0.25) is 0 Å². The highest BCUT2D eigenvalue weighted by Gasteiger charge is 2.13. The van der Waals surface area contributed by atoms with Crippen molar-refractivity contribution in [2.45, 2.75) is 0 Å². The Balaban J connectivity index is 1.30. The largest absolute Gasteiger partial charge is 0.309 e. The van der Waals surface area contributed by atoms with Crippen molar-refractivity contribution in [2.24, 2.45) is 0 Å². The molecule has 0 aliphatic heterocycles. The zero-order valence-corrected chi connectivity index (χ0v) is 23.7. The quantitative estimate of drug-likeness (QED) is 0.185. The van der Waals surface area contributed by atoms with Gasteiger partial charge in [0.25, 0.3) is 0 Å². The van der Waals surface area contributed by atoms with E-state index in [0.29, 0.717) is 5.82 Å². The third-order valence-electron chi connectivity index (χ3n) is 7.77. The van der Waals surface area contributed by atoms with Crippen LogP contribution in [0.3, 0.4) is 0 Å². The number of para-hydroxylation sites is 2. The van der Waals surface area contributed by atoms with Gasteiger partial charge in [0, 0.05) is 33.2 Å².